The van der Waals surface area contributed by atoms with Crippen molar-refractivity contribution in [3.63, 3.8) is 0 Å². The number of fused-ring (bicyclic) bond motifs is 1. The molecule has 5 nitrogen and oxygen atoms in total. The lowest BCUT2D eigenvalue weighted by Gasteiger charge is -2.24. The molecular formula is C16H20N4O. The van der Waals surface area contributed by atoms with Crippen LogP contribution in [0.15, 0.2) is 30.6 Å². The maximum absolute atomic E-state index is 11.8. The monoisotopic (exact) mass is 284 g/mol. The molecule has 0 saturated heterocycles. The summed E-state index contributed by atoms with van der Waals surface area (Å²) in [6.07, 6.45) is 8.12. The standard InChI is InChI=1S/C16H20N4O/c1-2-6-16(21)19-13-7-5-8-14-12(13)11-18-20(14)15-9-3-4-10-17-15/h3-4,9-11,13H,2,5-8H2,1H3,(H,19,21)/t13-/m0/s1. The fraction of sp³-hybridized carbons (Fsp3) is 0.438. The molecule has 21 heavy (non-hydrogen) atoms. The molecule has 0 bridgehead atoms. The quantitative estimate of drug-likeness (QED) is 0.938. The average Bonchev–Trinajstić information content (AvgIpc) is 2.93. The van der Waals surface area contributed by atoms with Gasteiger partial charge in [0.15, 0.2) is 5.82 Å². The molecule has 0 saturated carbocycles. The Morgan fingerprint density at radius 2 is 2.38 bits per heavy atom. The number of hydrogen-bond acceptors (Lipinski definition) is 3. The lowest BCUT2D eigenvalue weighted by Crippen LogP contribution is -2.30. The second-order valence-corrected chi connectivity index (χ2v) is 5.41. The number of amides is 1. The molecular weight excluding hydrogens is 264 g/mol. The molecule has 0 unspecified atom stereocenters. The van der Waals surface area contributed by atoms with Gasteiger partial charge in [-0.3, -0.25) is 4.79 Å². The third-order valence-electron chi connectivity index (χ3n) is 3.86. The minimum atomic E-state index is 0.0882. The Kier molecular flexibility index (Phi) is 3.99. The summed E-state index contributed by atoms with van der Waals surface area (Å²) in [6.45, 7) is 2.02. The van der Waals surface area contributed by atoms with E-state index < -0.39 is 0 Å². The van der Waals surface area contributed by atoms with Crippen molar-refractivity contribution in [2.45, 2.75) is 45.1 Å². The van der Waals surface area contributed by atoms with Gasteiger partial charge in [-0.25, -0.2) is 9.67 Å². The zero-order valence-electron chi connectivity index (χ0n) is 12.2. The van der Waals surface area contributed by atoms with E-state index in [0.717, 1.165) is 37.1 Å². The van der Waals surface area contributed by atoms with Crippen LogP contribution in [0.25, 0.3) is 5.82 Å². The van der Waals surface area contributed by atoms with Crippen LogP contribution in [0.5, 0.6) is 0 Å². The normalized spacial score (nSPS) is 17.3. The fourth-order valence-corrected chi connectivity index (χ4v) is 2.88. The number of nitrogens with zero attached hydrogens (tertiary/aromatic N) is 3. The number of carbonyl (C=O) groups is 1. The van der Waals surface area contributed by atoms with Crippen LogP contribution >= 0.6 is 0 Å². The van der Waals surface area contributed by atoms with Gasteiger partial charge in [-0.05, 0) is 37.8 Å². The molecule has 1 aliphatic carbocycles. The van der Waals surface area contributed by atoms with E-state index in [0.29, 0.717) is 6.42 Å². The SMILES string of the molecule is CCCC(=O)N[C@H]1CCCc2c1cnn2-c1ccccn1. The van der Waals surface area contributed by atoms with Gasteiger partial charge in [0.25, 0.3) is 0 Å². The summed E-state index contributed by atoms with van der Waals surface area (Å²) in [5.41, 5.74) is 2.30. The van der Waals surface area contributed by atoms with Crippen molar-refractivity contribution >= 4 is 5.91 Å². The molecule has 1 aliphatic rings. The first kappa shape index (κ1) is 13.8. The molecule has 1 amide bonds. The summed E-state index contributed by atoms with van der Waals surface area (Å²) < 4.78 is 1.90. The van der Waals surface area contributed by atoms with Crippen molar-refractivity contribution in [2.75, 3.05) is 0 Å². The summed E-state index contributed by atoms with van der Waals surface area (Å²) in [6, 6.07) is 5.89. The van der Waals surface area contributed by atoms with E-state index in [9.17, 15) is 4.79 Å². The summed E-state index contributed by atoms with van der Waals surface area (Å²) in [7, 11) is 0. The molecule has 0 fully saturated rings. The maximum Gasteiger partial charge on any atom is 0.220 e. The van der Waals surface area contributed by atoms with E-state index >= 15 is 0 Å². The van der Waals surface area contributed by atoms with Crippen molar-refractivity contribution in [1.29, 1.82) is 0 Å². The molecule has 1 atom stereocenters. The van der Waals surface area contributed by atoms with Crippen LogP contribution in [0.3, 0.4) is 0 Å². The molecule has 2 aromatic rings. The minimum Gasteiger partial charge on any atom is -0.349 e. The highest BCUT2D eigenvalue weighted by Gasteiger charge is 2.25. The molecule has 2 heterocycles. The van der Waals surface area contributed by atoms with Gasteiger partial charge in [0.1, 0.15) is 0 Å². The molecule has 5 heteroatoms. The van der Waals surface area contributed by atoms with Crippen molar-refractivity contribution in [3.8, 4) is 5.82 Å². The van der Waals surface area contributed by atoms with Crippen molar-refractivity contribution < 1.29 is 4.79 Å². The fourth-order valence-electron chi connectivity index (χ4n) is 2.88. The zero-order chi connectivity index (χ0) is 14.7. The van der Waals surface area contributed by atoms with Gasteiger partial charge >= 0.3 is 0 Å². The number of pyridine rings is 1. The lowest BCUT2D eigenvalue weighted by atomic mass is 9.93. The Balaban J connectivity index is 1.87. The van der Waals surface area contributed by atoms with E-state index in [4.69, 9.17) is 0 Å². The molecule has 0 spiro atoms. The topological polar surface area (TPSA) is 59.8 Å². The van der Waals surface area contributed by atoms with Crippen LogP contribution < -0.4 is 5.32 Å². The average molecular weight is 284 g/mol. The third kappa shape index (κ3) is 2.82. The molecule has 2 aromatic heterocycles. The Hall–Kier alpha value is -2.17. The molecule has 0 aromatic carbocycles. The summed E-state index contributed by atoms with van der Waals surface area (Å²) in [5, 5.41) is 7.60. The Bertz CT molecular complexity index is 620. The van der Waals surface area contributed by atoms with Gasteiger partial charge in [0, 0.05) is 18.2 Å². The molecule has 1 N–H and O–H groups in total. The molecule has 3 rings (SSSR count). The summed E-state index contributed by atoms with van der Waals surface area (Å²) in [5.74, 6) is 0.959. The largest absolute Gasteiger partial charge is 0.349 e. The number of aromatic nitrogens is 3. The maximum atomic E-state index is 11.8. The second-order valence-electron chi connectivity index (χ2n) is 5.41. The first-order chi connectivity index (χ1) is 10.3. The Morgan fingerprint density at radius 1 is 1.48 bits per heavy atom. The van der Waals surface area contributed by atoms with Gasteiger partial charge < -0.3 is 5.32 Å². The van der Waals surface area contributed by atoms with Gasteiger partial charge in [0.05, 0.1) is 17.9 Å². The number of rotatable bonds is 4. The van der Waals surface area contributed by atoms with E-state index in [2.05, 4.69) is 15.4 Å². The van der Waals surface area contributed by atoms with Gasteiger partial charge in [0.2, 0.25) is 5.91 Å². The van der Waals surface area contributed by atoms with E-state index in [1.165, 1.54) is 5.69 Å². The Morgan fingerprint density at radius 3 is 3.14 bits per heavy atom. The van der Waals surface area contributed by atoms with Gasteiger partial charge in [-0.1, -0.05) is 13.0 Å². The first-order valence-corrected chi connectivity index (χ1v) is 7.57. The van der Waals surface area contributed by atoms with Crippen LogP contribution in [0.1, 0.15) is 49.9 Å². The number of hydrogen-bond donors (Lipinski definition) is 1. The number of carbonyl (C=O) groups excluding carboxylic acids is 1. The first-order valence-electron chi connectivity index (χ1n) is 7.57. The zero-order valence-corrected chi connectivity index (χ0v) is 12.2. The highest BCUT2D eigenvalue weighted by molar-refractivity contribution is 5.76. The number of nitrogens with one attached hydrogen (secondary N) is 1. The van der Waals surface area contributed by atoms with Crippen LogP contribution in [-0.4, -0.2) is 20.7 Å². The van der Waals surface area contributed by atoms with Crippen molar-refractivity contribution in [3.05, 3.63) is 41.9 Å². The van der Waals surface area contributed by atoms with Crippen LogP contribution in [0.4, 0.5) is 0 Å². The summed E-state index contributed by atoms with van der Waals surface area (Å²) >= 11 is 0. The smallest absolute Gasteiger partial charge is 0.220 e. The lowest BCUT2D eigenvalue weighted by molar-refractivity contribution is -0.122. The van der Waals surface area contributed by atoms with Crippen molar-refractivity contribution in [2.24, 2.45) is 0 Å². The van der Waals surface area contributed by atoms with Crippen molar-refractivity contribution in [1.82, 2.24) is 20.1 Å². The second kappa shape index (κ2) is 6.08. The predicted molar refractivity (Wildman–Crippen MR) is 80.1 cm³/mol. The highest BCUT2D eigenvalue weighted by atomic mass is 16.1. The van der Waals surface area contributed by atoms with Crippen LogP contribution in [-0.2, 0) is 11.2 Å². The van der Waals surface area contributed by atoms with Crippen LogP contribution in [0, 0.1) is 0 Å². The van der Waals surface area contributed by atoms with E-state index in [1.54, 1.807) is 6.20 Å². The van der Waals surface area contributed by atoms with Gasteiger partial charge in [-0.15, -0.1) is 0 Å². The van der Waals surface area contributed by atoms with E-state index in [-0.39, 0.29) is 11.9 Å². The Labute approximate surface area is 124 Å². The molecule has 0 radical (unpaired) electrons. The minimum absolute atomic E-state index is 0.0882. The highest BCUT2D eigenvalue weighted by Crippen LogP contribution is 2.30. The van der Waals surface area contributed by atoms with Gasteiger partial charge in [-0.2, -0.15) is 5.10 Å². The molecule has 0 aliphatic heterocycles. The van der Waals surface area contributed by atoms with Crippen LogP contribution in [0.2, 0.25) is 0 Å². The third-order valence-corrected chi connectivity index (χ3v) is 3.86. The summed E-state index contributed by atoms with van der Waals surface area (Å²) in [4.78, 5) is 16.2. The predicted octanol–water partition coefficient (Wildman–Crippen LogP) is 2.56. The molecule has 110 valence electrons. The van der Waals surface area contributed by atoms with E-state index in [1.807, 2.05) is 36.0 Å².